The molecule has 0 aliphatic carbocycles. The van der Waals surface area contributed by atoms with Gasteiger partial charge in [-0.2, -0.15) is 0 Å². The number of hydrogen-bond acceptors (Lipinski definition) is 6. The van der Waals surface area contributed by atoms with Gasteiger partial charge in [-0.1, -0.05) is 18.2 Å². The number of carbonyl (C=O) groups excluding carboxylic acids is 1. The van der Waals surface area contributed by atoms with E-state index in [1.54, 1.807) is 6.07 Å². The normalized spacial score (nSPS) is 18.6. The fraction of sp³-hybridized carbons (Fsp3) is 0.417. The number of nitrogens with zero attached hydrogens (tertiary/aromatic N) is 3. The third-order valence-corrected chi connectivity index (χ3v) is 5.52. The number of anilines is 1. The molecule has 2 unspecified atom stereocenters. The van der Waals surface area contributed by atoms with Crippen LogP contribution in [0.1, 0.15) is 38.1 Å². The van der Waals surface area contributed by atoms with Crippen molar-refractivity contribution in [3.63, 3.8) is 0 Å². The van der Waals surface area contributed by atoms with E-state index in [9.17, 15) is 9.59 Å². The molecule has 4 rings (SSSR count). The predicted octanol–water partition coefficient (Wildman–Crippen LogP) is 2.57. The highest BCUT2D eigenvalue weighted by Crippen LogP contribution is 2.18. The fourth-order valence-corrected chi connectivity index (χ4v) is 4.03. The number of amides is 1. The molecule has 0 radical (unpaired) electrons. The summed E-state index contributed by atoms with van der Waals surface area (Å²) in [6.45, 7) is 6.23. The van der Waals surface area contributed by atoms with E-state index in [0.29, 0.717) is 42.5 Å². The van der Waals surface area contributed by atoms with Crippen molar-refractivity contribution in [2.24, 2.45) is 0 Å². The Morgan fingerprint density at radius 3 is 2.72 bits per heavy atom. The first kappa shape index (κ1) is 22.0. The smallest absolute Gasteiger partial charge is 0.258 e. The minimum Gasteiger partial charge on any atom is -0.372 e. The lowest BCUT2D eigenvalue weighted by Crippen LogP contribution is -2.45. The van der Waals surface area contributed by atoms with Crippen molar-refractivity contribution in [2.45, 2.75) is 51.9 Å². The van der Waals surface area contributed by atoms with Crippen LogP contribution in [-0.2, 0) is 22.5 Å². The molecule has 0 saturated carbocycles. The average molecular weight is 436 g/mol. The number of H-pyrrole nitrogens is 1. The molecule has 1 aliphatic heterocycles. The lowest BCUT2D eigenvalue weighted by atomic mass is 10.2. The van der Waals surface area contributed by atoms with Gasteiger partial charge in [-0.25, -0.2) is 9.97 Å². The number of morpholine rings is 1. The van der Waals surface area contributed by atoms with E-state index < -0.39 is 0 Å². The second kappa shape index (κ2) is 9.91. The molecule has 2 aromatic heterocycles. The zero-order chi connectivity index (χ0) is 22.5. The van der Waals surface area contributed by atoms with Crippen molar-refractivity contribution in [2.75, 3.05) is 18.0 Å². The molecule has 1 fully saturated rings. The zero-order valence-electron chi connectivity index (χ0n) is 18.5. The maximum atomic E-state index is 12.2. The van der Waals surface area contributed by atoms with E-state index in [0.717, 1.165) is 24.5 Å². The molecule has 32 heavy (non-hydrogen) atoms. The van der Waals surface area contributed by atoms with Crippen LogP contribution in [0.2, 0.25) is 0 Å². The SMILES string of the molecule is CC1CN(c2ccc(CNC(=O)CCCc3nc4ccccc4c(=O)[nH]3)cn2)CC(C)O1. The number of aryl methyl sites for hydroxylation is 1. The first-order valence-corrected chi connectivity index (χ1v) is 11.1. The average Bonchev–Trinajstić information content (AvgIpc) is 2.77. The van der Waals surface area contributed by atoms with E-state index in [4.69, 9.17) is 4.74 Å². The van der Waals surface area contributed by atoms with Crippen LogP contribution < -0.4 is 15.8 Å². The van der Waals surface area contributed by atoms with E-state index in [1.165, 1.54) is 0 Å². The Balaban J connectivity index is 1.23. The molecule has 2 atom stereocenters. The van der Waals surface area contributed by atoms with Crippen LogP contribution in [0.15, 0.2) is 47.4 Å². The van der Waals surface area contributed by atoms with Gasteiger partial charge in [-0.15, -0.1) is 0 Å². The monoisotopic (exact) mass is 435 g/mol. The Hall–Kier alpha value is -3.26. The molecular formula is C24H29N5O3. The van der Waals surface area contributed by atoms with Crippen LogP contribution >= 0.6 is 0 Å². The van der Waals surface area contributed by atoms with E-state index in [-0.39, 0.29) is 23.7 Å². The van der Waals surface area contributed by atoms with Crippen molar-refractivity contribution in [3.05, 3.63) is 64.3 Å². The van der Waals surface area contributed by atoms with E-state index in [1.807, 2.05) is 36.5 Å². The first-order valence-electron chi connectivity index (χ1n) is 11.1. The third-order valence-electron chi connectivity index (χ3n) is 5.52. The second-order valence-corrected chi connectivity index (χ2v) is 8.35. The Morgan fingerprint density at radius 2 is 1.97 bits per heavy atom. The van der Waals surface area contributed by atoms with E-state index >= 15 is 0 Å². The molecule has 8 nitrogen and oxygen atoms in total. The molecule has 0 bridgehead atoms. The maximum Gasteiger partial charge on any atom is 0.258 e. The molecule has 1 aliphatic rings. The maximum absolute atomic E-state index is 12.2. The highest BCUT2D eigenvalue weighted by atomic mass is 16.5. The lowest BCUT2D eigenvalue weighted by molar-refractivity contribution is -0.121. The highest BCUT2D eigenvalue weighted by Gasteiger charge is 2.22. The standard InChI is InChI=1S/C24H29N5O3/c1-16-14-29(15-17(2)32-16)22-11-10-18(12-25-22)13-26-23(30)9-5-8-21-27-20-7-4-3-6-19(20)24(31)28-21/h3-4,6-7,10-12,16-17H,5,8-9,13-15H2,1-2H3,(H,26,30)(H,27,28,31). The molecule has 3 aromatic rings. The number of carbonyl (C=O) groups is 1. The molecular weight excluding hydrogens is 406 g/mol. The quantitative estimate of drug-likeness (QED) is 0.592. The summed E-state index contributed by atoms with van der Waals surface area (Å²) in [5.74, 6) is 1.50. The largest absolute Gasteiger partial charge is 0.372 e. The van der Waals surface area contributed by atoms with Gasteiger partial charge in [0.15, 0.2) is 0 Å². The van der Waals surface area contributed by atoms with Crippen LogP contribution in [0, 0.1) is 0 Å². The molecule has 1 saturated heterocycles. The molecule has 1 amide bonds. The van der Waals surface area contributed by atoms with Gasteiger partial charge in [0.05, 0.1) is 23.1 Å². The zero-order valence-corrected chi connectivity index (χ0v) is 18.5. The van der Waals surface area contributed by atoms with Gasteiger partial charge >= 0.3 is 0 Å². The number of ether oxygens (including phenoxy) is 1. The highest BCUT2D eigenvalue weighted by molar-refractivity contribution is 5.77. The molecule has 1 aromatic carbocycles. The molecule has 8 heteroatoms. The lowest BCUT2D eigenvalue weighted by Gasteiger charge is -2.36. The number of benzene rings is 1. The predicted molar refractivity (Wildman–Crippen MR) is 124 cm³/mol. The topological polar surface area (TPSA) is 100 Å². The fourth-order valence-electron chi connectivity index (χ4n) is 4.03. The minimum absolute atomic E-state index is 0.0342. The molecule has 0 spiro atoms. The number of aromatic nitrogens is 3. The van der Waals surface area contributed by atoms with Gasteiger partial charge in [0.1, 0.15) is 11.6 Å². The van der Waals surface area contributed by atoms with Gasteiger partial charge in [0.2, 0.25) is 5.91 Å². The van der Waals surface area contributed by atoms with Gasteiger partial charge in [-0.3, -0.25) is 9.59 Å². The molecule has 2 N–H and O–H groups in total. The number of fused-ring (bicyclic) bond motifs is 1. The number of para-hydroxylation sites is 1. The van der Waals surface area contributed by atoms with Gasteiger partial charge in [0.25, 0.3) is 5.56 Å². The van der Waals surface area contributed by atoms with Crippen molar-refractivity contribution < 1.29 is 9.53 Å². The minimum atomic E-state index is -0.146. The van der Waals surface area contributed by atoms with Crippen LogP contribution in [0.5, 0.6) is 0 Å². The third kappa shape index (κ3) is 5.50. The van der Waals surface area contributed by atoms with Crippen LogP contribution in [0.25, 0.3) is 10.9 Å². The number of aromatic amines is 1. The summed E-state index contributed by atoms with van der Waals surface area (Å²) in [5.41, 5.74) is 1.48. The molecule has 3 heterocycles. The van der Waals surface area contributed by atoms with Crippen molar-refractivity contribution in [1.82, 2.24) is 20.3 Å². The summed E-state index contributed by atoms with van der Waals surface area (Å²) in [6.07, 6.45) is 3.69. The number of rotatable bonds is 7. The summed E-state index contributed by atoms with van der Waals surface area (Å²) < 4.78 is 5.77. The summed E-state index contributed by atoms with van der Waals surface area (Å²) >= 11 is 0. The van der Waals surface area contributed by atoms with Crippen LogP contribution in [-0.4, -0.2) is 46.2 Å². The summed E-state index contributed by atoms with van der Waals surface area (Å²) in [4.78, 5) is 38.4. The summed E-state index contributed by atoms with van der Waals surface area (Å²) in [5, 5.41) is 3.51. The first-order chi connectivity index (χ1) is 15.5. The number of hydrogen-bond donors (Lipinski definition) is 2. The van der Waals surface area contributed by atoms with Gasteiger partial charge in [0, 0.05) is 38.7 Å². The Labute approximate surface area is 187 Å². The second-order valence-electron chi connectivity index (χ2n) is 8.35. The van der Waals surface area contributed by atoms with Crippen molar-refractivity contribution in [1.29, 1.82) is 0 Å². The molecule has 168 valence electrons. The Kier molecular flexibility index (Phi) is 6.80. The van der Waals surface area contributed by atoms with Crippen LogP contribution in [0.4, 0.5) is 5.82 Å². The number of nitrogens with one attached hydrogen (secondary N) is 2. The van der Waals surface area contributed by atoms with E-state index in [2.05, 4.69) is 39.0 Å². The van der Waals surface area contributed by atoms with Crippen molar-refractivity contribution >= 4 is 22.6 Å². The summed E-state index contributed by atoms with van der Waals surface area (Å²) in [7, 11) is 0. The van der Waals surface area contributed by atoms with Crippen molar-refractivity contribution in [3.8, 4) is 0 Å². The Bertz CT molecular complexity index is 1120. The van der Waals surface area contributed by atoms with Gasteiger partial charge < -0.3 is 19.9 Å². The summed E-state index contributed by atoms with van der Waals surface area (Å²) in [6, 6.07) is 11.2. The van der Waals surface area contributed by atoms with Crippen LogP contribution in [0.3, 0.4) is 0 Å². The number of pyridine rings is 1. The van der Waals surface area contributed by atoms with Gasteiger partial charge in [-0.05, 0) is 44.0 Å². The Morgan fingerprint density at radius 1 is 1.19 bits per heavy atom.